The molecule has 0 bridgehead atoms. The molecular weight excluding hydrogens is 418 g/mol. The summed E-state index contributed by atoms with van der Waals surface area (Å²) in [4.78, 5) is 38.8. The van der Waals surface area contributed by atoms with Gasteiger partial charge >= 0.3 is 0 Å². The first-order valence-electron chi connectivity index (χ1n) is 11.5. The molecule has 1 saturated heterocycles. The molecule has 1 heterocycles. The normalized spacial score (nSPS) is 14.1. The third-order valence-corrected chi connectivity index (χ3v) is 5.60. The topological polar surface area (TPSA) is 87.7 Å². The smallest absolute Gasteiger partial charge is 0.260 e. The molecule has 176 valence electrons. The minimum Gasteiger partial charge on any atom is -0.484 e. The monoisotopic (exact) mass is 451 g/mol. The predicted molar refractivity (Wildman–Crippen MR) is 128 cm³/mol. The standard InChI is InChI=1S/C26H33N3O4/c1-19(2)15-24(30)28-22-8-6-7-20(16-22)17-27-26(32)21-11-13-29(14-12-21)25(31)18-33-23-9-4-3-5-10-23/h3-10,16,19,21H,11-15,17-18H2,1-2H3,(H,27,32)(H,28,30). The number of rotatable bonds is 9. The number of nitrogens with zero attached hydrogens (tertiary/aromatic N) is 1. The Hall–Kier alpha value is -3.35. The molecule has 0 aromatic heterocycles. The number of piperidine rings is 1. The van der Waals surface area contributed by atoms with Crippen LogP contribution in [0.4, 0.5) is 5.69 Å². The number of benzene rings is 2. The van der Waals surface area contributed by atoms with Gasteiger partial charge in [0, 0.05) is 37.7 Å². The summed E-state index contributed by atoms with van der Waals surface area (Å²) in [6.07, 6.45) is 1.74. The van der Waals surface area contributed by atoms with Crippen LogP contribution in [0.1, 0.15) is 38.7 Å². The molecule has 7 nitrogen and oxygen atoms in total. The van der Waals surface area contributed by atoms with Gasteiger partial charge in [-0.05, 0) is 48.6 Å². The second kappa shape index (κ2) is 12.0. The number of carbonyl (C=O) groups is 3. The summed E-state index contributed by atoms with van der Waals surface area (Å²) in [5.74, 6) is 0.778. The van der Waals surface area contributed by atoms with Crippen molar-refractivity contribution in [3.63, 3.8) is 0 Å². The van der Waals surface area contributed by atoms with Crippen LogP contribution in [0.25, 0.3) is 0 Å². The second-order valence-corrected chi connectivity index (χ2v) is 8.82. The fraction of sp³-hybridized carbons (Fsp3) is 0.423. The largest absolute Gasteiger partial charge is 0.484 e. The van der Waals surface area contributed by atoms with Gasteiger partial charge in [0.15, 0.2) is 6.61 Å². The van der Waals surface area contributed by atoms with Crippen LogP contribution < -0.4 is 15.4 Å². The van der Waals surface area contributed by atoms with Crippen LogP contribution in [-0.2, 0) is 20.9 Å². The molecule has 0 atom stereocenters. The van der Waals surface area contributed by atoms with Gasteiger partial charge in [-0.3, -0.25) is 14.4 Å². The van der Waals surface area contributed by atoms with E-state index in [2.05, 4.69) is 10.6 Å². The lowest BCUT2D eigenvalue weighted by Gasteiger charge is -2.31. The third-order valence-electron chi connectivity index (χ3n) is 5.60. The average molecular weight is 452 g/mol. The molecule has 0 saturated carbocycles. The van der Waals surface area contributed by atoms with Crippen molar-refractivity contribution >= 4 is 23.4 Å². The zero-order valence-electron chi connectivity index (χ0n) is 19.4. The summed E-state index contributed by atoms with van der Waals surface area (Å²) < 4.78 is 5.54. The Balaban J connectivity index is 1.40. The van der Waals surface area contributed by atoms with E-state index in [4.69, 9.17) is 4.74 Å². The van der Waals surface area contributed by atoms with Crippen molar-refractivity contribution in [2.45, 2.75) is 39.7 Å². The highest BCUT2D eigenvalue weighted by atomic mass is 16.5. The molecule has 0 aliphatic carbocycles. The van der Waals surface area contributed by atoms with Gasteiger partial charge in [0.25, 0.3) is 5.91 Å². The molecule has 2 N–H and O–H groups in total. The molecular formula is C26H33N3O4. The lowest BCUT2D eigenvalue weighted by Crippen LogP contribution is -2.44. The maximum absolute atomic E-state index is 12.6. The summed E-state index contributed by atoms with van der Waals surface area (Å²) in [6.45, 7) is 5.51. The van der Waals surface area contributed by atoms with Crippen molar-refractivity contribution < 1.29 is 19.1 Å². The number of nitrogens with one attached hydrogen (secondary N) is 2. The SMILES string of the molecule is CC(C)CC(=O)Nc1cccc(CNC(=O)C2CCN(C(=O)COc3ccccc3)CC2)c1. The number of para-hydroxylation sites is 1. The fourth-order valence-corrected chi connectivity index (χ4v) is 3.82. The Morgan fingerprint density at radius 2 is 1.76 bits per heavy atom. The molecule has 1 aliphatic heterocycles. The van der Waals surface area contributed by atoms with Crippen molar-refractivity contribution in [3.05, 3.63) is 60.2 Å². The highest BCUT2D eigenvalue weighted by Gasteiger charge is 2.27. The van der Waals surface area contributed by atoms with Gasteiger partial charge in [0.05, 0.1) is 0 Å². The van der Waals surface area contributed by atoms with Gasteiger partial charge in [-0.2, -0.15) is 0 Å². The Bertz CT molecular complexity index is 938. The van der Waals surface area contributed by atoms with Crippen molar-refractivity contribution in [2.75, 3.05) is 25.0 Å². The molecule has 0 spiro atoms. The number of hydrogen-bond donors (Lipinski definition) is 2. The number of amides is 3. The minimum atomic E-state index is -0.113. The maximum Gasteiger partial charge on any atom is 0.260 e. The maximum atomic E-state index is 12.6. The van der Waals surface area contributed by atoms with Crippen molar-refractivity contribution in [2.24, 2.45) is 11.8 Å². The van der Waals surface area contributed by atoms with Crippen LogP contribution in [0.15, 0.2) is 54.6 Å². The van der Waals surface area contributed by atoms with Crippen LogP contribution >= 0.6 is 0 Å². The van der Waals surface area contributed by atoms with Crippen LogP contribution in [0, 0.1) is 11.8 Å². The second-order valence-electron chi connectivity index (χ2n) is 8.82. The lowest BCUT2D eigenvalue weighted by molar-refractivity contribution is -0.137. The summed E-state index contributed by atoms with van der Waals surface area (Å²) in [5.41, 5.74) is 1.66. The molecule has 1 aliphatic rings. The van der Waals surface area contributed by atoms with E-state index in [1.807, 2.05) is 68.4 Å². The van der Waals surface area contributed by atoms with Gasteiger partial charge in [-0.15, -0.1) is 0 Å². The molecule has 3 rings (SSSR count). The van der Waals surface area contributed by atoms with E-state index in [1.165, 1.54) is 0 Å². The first-order chi connectivity index (χ1) is 15.9. The summed E-state index contributed by atoms with van der Waals surface area (Å²) in [6, 6.07) is 16.8. The average Bonchev–Trinajstić information content (AvgIpc) is 2.81. The number of ether oxygens (including phenoxy) is 1. The van der Waals surface area contributed by atoms with E-state index in [1.54, 1.807) is 4.90 Å². The molecule has 0 unspecified atom stereocenters. The van der Waals surface area contributed by atoms with Gasteiger partial charge in [-0.1, -0.05) is 44.2 Å². The van der Waals surface area contributed by atoms with Gasteiger partial charge in [0.1, 0.15) is 5.75 Å². The van der Waals surface area contributed by atoms with Crippen molar-refractivity contribution in [1.29, 1.82) is 0 Å². The quantitative estimate of drug-likeness (QED) is 0.610. The van der Waals surface area contributed by atoms with Crippen LogP contribution in [-0.4, -0.2) is 42.3 Å². The molecule has 2 aromatic rings. The fourth-order valence-electron chi connectivity index (χ4n) is 3.82. The number of anilines is 1. The van der Waals surface area contributed by atoms with Gasteiger partial charge in [-0.25, -0.2) is 0 Å². The molecule has 3 amide bonds. The van der Waals surface area contributed by atoms with E-state index in [-0.39, 0.29) is 30.2 Å². The van der Waals surface area contributed by atoms with E-state index in [0.29, 0.717) is 50.6 Å². The predicted octanol–water partition coefficient (Wildman–Crippen LogP) is 3.61. The van der Waals surface area contributed by atoms with E-state index >= 15 is 0 Å². The molecule has 7 heteroatoms. The van der Waals surface area contributed by atoms with E-state index < -0.39 is 0 Å². The molecule has 2 aromatic carbocycles. The third kappa shape index (κ3) is 7.93. The first-order valence-corrected chi connectivity index (χ1v) is 11.5. The molecule has 0 radical (unpaired) electrons. The van der Waals surface area contributed by atoms with Gasteiger partial charge < -0.3 is 20.3 Å². The highest BCUT2D eigenvalue weighted by Crippen LogP contribution is 2.19. The Morgan fingerprint density at radius 3 is 2.45 bits per heavy atom. The van der Waals surface area contributed by atoms with Crippen LogP contribution in [0.5, 0.6) is 5.75 Å². The van der Waals surface area contributed by atoms with Crippen molar-refractivity contribution in [3.8, 4) is 5.75 Å². The summed E-state index contributed by atoms with van der Waals surface area (Å²) >= 11 is 0. The Morgan fingerprint density at radius 1 is 1.03 bits per heavy atom. The number of likely N-dealkylation sites (tertiary alicyclic amines) is 1. The van der Waals surface area contributed by atoms with E-state index in [0.717, 1.165) is 11.3 Å². The van der Waals surface area contributed by atoms with E-state index in [9.17, 15) is 14.4 Å². The lowest BCUT2D eigenvalue weighted by atomic mass is 9.95. The molecule has 33 heavy (non-hydrogen) atoms. The number of hydrogen-bond acceptors (Lipinski definition) is 4. The minimum absolute atomic E-state index is 0.00289. The van der Waals surface area contributed by atoms with Crippen LogP contribution in [0.3, 0.4) is 0 Å². The Kier molecular flexibility index (Phi) is 8.87. The first kappa shape index (κ1) is 24.3. The van der Waals surface area contributed by atoms with Crippen LogP contribution in [0.2, 0.25) is 0 Å². The zero-order chi connectivity index (χ0) is 23.6. The highest BCUT2D eigenvalue weighted by molar-refractivity contribution is 5.90. The zero-order valence-corrected chi connectivity index (χ0v) is 19.4. The molecule has 1 fully saturated rings. The summed E-state index contributed by atoms with van der Waals surface area (Å²) in [7, 11) is 0. The van der Waals surface area contributed by atoms with Gasteiger partial charge in [0.2, 0.25) is 11.8 Å². The Labute approximate surface area is 195 Å². The van der Waals surface area contributed by atoms with Crippen molar-refractivity contribution in [1.82, 2.24) is 10.2 Å². The number of carbonyl (C=O) groups excluding carboxylic acids is 3. The summed E-state index contributed by atoms with van der Waals surface area (Å²) in [5, 5.41) is 5.89.